The van der Waals surface area contributed by atoms with Crippen LogP contribution in [0, 0.1) is 28.9 Å². The van der Waals surface area contributed by atoms with E-state index in [1.807, 2.05) is 54.6 Å². The SMILES string of the molecule is CC(C)(C)C(=O)OC(C#Cc1cccc(F)c1F)c1ccccc1Cc1ccccc1. The number of hydrogen-bond acceptors (Lipinski definition) is 2. The second-order valence-electron chi connectivity index (χ2n) is 8.27. The Kier molecular flexibility index (Phi) is 6.87. The molecule has 1 unspecified atom stereocenters. The Bertz CT molecular complexity index is 1120. The molecule has 158 valence electrons. The molecule has 0 N–H and O–H groups in total. The van der Waals surface area contributed by atoms with Crippen molar-refractivity contribution in [1.29, 1.82) is 0 Å². The molecule has 3 aromatic rings. The van der Waals surface area contributed by atoms with E-state index < -0.39 is 29.1 Å². The zero-order valence-corrected chi connectivity index (χ0v) is 17.8. The monoisotopic (exact) mass is 418 g/mol. The van der Waals surface area contributed by atoms with Gasteiger partial charge in [0.2, 0.25) is 0 Å². The average Bonchev–Trinajstić information content (AvgIpc) is 2.74. The van der Waals surface area contributed by atoms with E-state index in [-0.39, 0.29) is 5.56 Å². The summed E-state index contributed by atoms with van der Waals surface area (Å²) in [5, 5.41) is 0. The number of ether oxygens (including phenoxy) is 1. The highest BCUT2D eigenvalue weighted by atomic mass is 19.2. The Hall–Kier alpha value is -3.45. The van der Waals surface area contributed by atoms with Crippen molar-refractivity contribution in [1.82, 2.24) is 0 Å². The molecule has 0 radical (unpaired) electrons. The van der Waals surface area contributed by atoms with E-state index in [0.29, 0.717) is 12.0 Å². The lowest BCUT2D eigenvalue weighted by Crippen LogP contribution is -2.25. The number of benzene rings is 3. The summed E-state index contributed by atoms with van der Waals surface area (Å²) < 4.78 is 33.4. The van der Waals surface area contributed by atoms with Crippen LogP contribution in [-0.2, 0) is 16.0 Å². The number of hydrogen-bond donors (Lipinski definition) is 0. The van der Waals surface area contributed by atoms with Gasteiger partial charge in [0.25, 0.3) is 0 Å². The van der Waals surface area contributed by atoms with Crippen LogP contribution in [0.2, 0.25) is 0 Å². The number of rotatable bonds is 4. The maximum atomic E-state index is 14.1. The Morgan fingerprint density at radius 2 is 1.61 bits per heavy atom. The van der Waals surface area contributed by atoms with Gasteiger partial charge in [-0.15, -0.1) is 0 Å². The number of carbonyl (C=O) groups excluding carboxylic acids is 1. The fraction of sp³-hybridized carbons (Fsp3) is 0.222. The van der Waals surface area contributed by atoms with Crippen molar-refractivity contribution in [3.05, 3.63) is 107 Å². The van der Waals surface area contributed by atoms with Crippen LogP contribution in [0.4, 0.5) is 8.78 Å². The molecule has 0 spiro atoms. The Balaban J connectivity index is 2.02. The lowest BCUT2D eigenvalue weighted by atomic mass is 9.95. The number of carbonyl (C=O) groups is 1. The predicted molar refractivity (Wildman–Crippen MR) is 117 cm³/mol. The van der Waals surface area contributed by atoms with E-state index in [1.165, 1.54) is 12.1 Å². The Labute approximate surface area is 181 Å². The molecular weight excluding hydrogens is 394 g/mol. The average molecular weight is 418 g/mol. The van der Waals surface area contributed by atoms with Crippen molar-refractivity contribution < 1.29 is 18.3 Å². The molecule has 0 saturated heterocycles. The fourth-order valence-electron chi connectivity index (χ4n) is 2.96. The highest BCUT2D eigenvalue weighted by Crippen LogP contribution is 2.27. The zero-order valence-electron chi connectivity index (χ0n) is 17.8. The molecule has 0 aromatic heterocycles. The van der Waals surface area contributed by atoms with Crippen LogP contribution in [0.1, 0.15) is 49.1 Å². The molecule has 4 heteroatoms. The number of halogens is 2. The summed E-state index contributed by atoms with van der Waals surface area (Å²) in [5.74, 6) is 3.09. The molecule has 0 fully saturated rings. The molecule has 0 aliphatic heterocycles. The summed E-state index contributed by atoms with van der Waals surface area (Å²) in [6.07, 6.45) is -0.300. The molecule has 31 heavy (non-hydrogen) atoms. The molecule has 2 nitrogen and oxygen atoms in total. The summed E-state index contributed by atoms with van der Waals surface area (Å²) >= 11 is 0. The second-order valence-corrected chi connectivity index (χ2v) is 8.27. The normalized spacial score (nSPS) is 11.9. The van der Waals surface area contributed by atoms with Gasteiger partial charge >= 0.3 is 5.97 Å². The van der Waals surface area contributed by atoms with Crippen LogP contribution in [0.25, 0.3) is 0 Å². The van der Waals surface area contributed by atoms with Gasteiger partial charge in [0.05, 0.1) is 11.0 Å². The van der Waals surface area contributed by atoms with Crippen LogP contribution in [-0.4, -0.2) is 5.97 Å². The summed E-state index contributed by atoms with van der Waals surface area (Å²) in [6, 6.07) is 21.3. The standard InChI is InChI=1S/C27H24F2O2/c1-27(2,3)26(30)31-24(17-16-20-13-9-15-23(28)25(20)29)22-14-8-7-12-21(22)18-19-10-5-4-6-11-19/h4-15,24H,18H2,1-3H3. The van der Waals surface area contributed by atoms with Gasteiger partial charge in [-0.3, -0.25) is 4.79 Å². The third kappa shape index (κ3) is 5.79. The molecule has 0 bridgehead atoms. The van der Waals surface area contributed by atoms with Crippen molar-refractivity contribution in [3.8, 4) is 11.8 Å². The summed E-state index contributed by atoms with van der Waals surface area (Å²) in [4.78, 5) is 12.6. The maximum absolute atomic E-state index is 14.1. The van der Waals surface area contributed by atoms with Gasteiger partial charge in [-0.2, -0.15) is 0 Å². The van der Waals surface area contributed by atoms with E-state index in [9.17, 15) is 13.6 Å². The first-order valence-electron chi connectivity index (χ1n) is 10.0. The third-order valence-electron chi connectivity index (χ3n) is 4.70. The first-order chi connectivity index (χ1) is 14.8. The molecule has 0 saturated carbocycles. The smallest absolute Gasteiger partial charge is 0.312 e. The summed E-state index contributed by atoms with van der Waals surface area (Å²) in [7, 11) is 0. The molecule has 1 atom stereocenters. The first-order valence-corrected chi connectivity index (χ1v) is 10.0. The predicted octanol–water partition coefficient (Wildman–Crippen LogP) is 6.24. The van der Waals surface area contributed by atoms with E-state index in [2.05, 4.69) is 11.8 Å². The lowest BCUT2D eigenvalue weighted by Gasteiger charge is -2.22. The van der Waals surface area contributed by atoms with Crippen LogP contribution in [0.15, 0.2) is 72.8 Å². The van der Waals surface area contributed by atoms with Crippen LogP contribution in [0.5, 0.6) is 0 Å². The van der Waals surface area contributed by atoms with E-state index in [4.69, 9.17) is 4.74 Å². The molecule has 0 heterocycles. The van der Waals surface area contributed by atoms with Gasteiger partial charge in [0.15, 0.2) is 17.7 Å². The zero-order chi connectivity index (χ0) is 22.4. The highest BCUT2D eigenvalue weighted by molar-refractivity contribution is 5.76. The van der Waals surface area contributed by atoms with Gasteiger partial charge in [-0.05, 0) is 56.4 Å². The molecule has 0 amide bonds. The maximum Gasteiger partial charge on any atom is 0.312 e. The van der Waals surface area contributed by atoms with E-state index in [0.717, 1.165) is 17.2 Å². The summed E-state index contributed by atoms with van der Waals surface area (Å²) in [5.41, 5.74) is 1.93. The van der Waals surface area contributed by atoms with Gasteiger partial charge < -0.3 is 4.74 Å². The van der Waals surface area contributed by atoms with E-state index >= 15 is 0 Å². The molecular formula is C27H24F2O2. The summed E-state index contributed by atoms with van der Waals surface area (Å²) in [6.45, 7) is 5.26. The molecule has 0 aliphatic rings. The molecule has 0 aliphatic carbocycles. The lowest BCUT2D eigenvalue weighted by molar-refractivity contribution is -0.156. The Morgan fingerprint density at radius 1 is 0.935 bits per heavy atom. The van der Waals surface area contributed by atoms with Gasteiger partial charge in [-0.1, -0.05) is 66.6 Å². The largest absolute Gasteiger partial charge is 0.444 e. The van der Waals surface area contributed by atoms with Crippen molar-refractivity contribution in [2.24, 2.45) is 5.41 Å². The highest BCUT2D eigenvalue weighted by Gasteiger charge is 2.27. The molecule has 3 rings (SSSR count). The van der Waals surface area contributed by atoms with E-state index in [1.54, 1.807) is 20.8 Å². The van der Waals surface area contributed by atoms with Gasteiger partial charge in [0.1, 0.15) is 0 Å². The quantitative estimate of drug-likeness (QED) is 0.370. The Morgan fingerprint density at radius 3 is 2.32 bits per heavy atom. The third-order valence-corrected chi connectivity index (χ3v) is 4.70. The van der Waals surface area contributed by atoms with Crippen LogP contribution in [0.3, 0.4) is 0 Å². The van der Waals surface area contributed by atoms with Crippen molar-refractivity contribution >= 4 is 5.97 Å². The molecule has 3 aromatic carbocycles. The number of esters is 1. The van der Waals surface area contributed by atoms with Crippen molar-refractivity contribution in [3.63, 3.8) is 0 Å². The van der Waals surface area contributed by atoms with Crippen molar-refractivity contribution in [2.75, 3.05) is 0 Å². The fourth-order valence-corrected chi connectivity index (χ4v) is 2.96. The first kappa shape index (κ1) is 22.2. The second kappa shape index (κ2) is 9.57. The minimum absolute atomic E-state index is 0.0858. The van der Waals surface area contributed by atoms with Gasteiger partial charge in [-0.25, -0.2) is 8.78 Å². The minimum atomic E-state index is -1.02. The topological polar surface area (TPSA) is 26.3 Å². The van der Waals surface area contributed by atoms with Crippen LogP contribution < -0.4 is 0 Å². The van der Waals surface area contributed by atoms with Gasteiger partial charge in [0, 0.05) is 5.56 Å². The minimum Gasteiger partial charge on any atom is -0.444 e. The van der Waals surface area contributed by atoms with Crippen LogP contribution >= 0.6 is 0 Å². The van der Waals surface area contributed by atoms with Crippen molar-refractivity contribution in [2.45, 2.75) is 33.3 Å².